The average molecular weight is 266 g/mol. The van der Waals surface area contributed by atoms with E-state index in [1.54, 1.807) is 12.1 Å². The zero-order chi connectivity index (χ0) is 12.6. The Morgan fingerprint density at radius 3 is 3.06 bits per heavy atom. The molecule has 0 bridgehead atoms. The number of H-pyrrole nitrogens is 1. The van der Waals surface area contributed by atoms with Crippen molar-refractivity contribution >= 4 is 16.0 Å². The molecular weight excluding hydrogens is 256 g/mol. The third-order valence-electron chi connectivity index (χ3n) is 2.62. The van der Waals surface area contributed by atoms with E-state index in [1.807, 2.05) is 0 Å². The maximum Gasteiger partial charge on any atom is 0.264 e. The predicted octanol–water partition coefficient (Wildman–Crippen LogP) is 0.540. The van der Waals surface area contributed by atoms with Crippen molar-refractivity contribution in [2.45, 2.75) is 11.3 Å². The number of nitrogens with zero attached hydrogens (tertiary/aromatic N) is 2. The minimum absolute atomic E-state index is 0.0896. The number of fused-ring (bicyclic) bond motifs is 1. The minimum atomic E-state index is -3.64. The number of nitrogens with one attached hydrogen (secondary N) is 2. The SMILES string of the molecule is O=S(=O)(Nc1ncn[nH]1)c1ccc2c(c1)CCO2. The zero-order valence-corrected chi connectivity index (χ0v) is 10.1. The van der Waals surface area contributed by atoms with Crippen LogP contribution in [0.4, 0.5) is 5.95 Å². The summed E-state index contributed by atoms with van der Waals surface area (Å²) in [5.41, 5.74) is 0.899. The second kappa shape index (κ2) is 3.98. The van der Waals surface area contributed by atoms with E-state index in [1.165, 1.54) is 12.4 Å². The number of ether oxygens (including phenoxy) is 1. The highest BCUT2D eigenvalue weighted by molar-refractivity contribution is 7.92. The van der Waals surface area contributed by atoms with E-state index in [0.717, 1.165) is 17.7 Å². The highest BCUT2D eigenvalue weighted by atomic mass is 32.2. The lowest BCUT2D eigenvalue weighted by molar-refractivity contribution is 0.356. The molecule has 0 fully saturated rings. The maximum atomic E-state index is 12.1. The third-order valence-corrected chi connectivity index (χ3v) is 3.95. The van der Waals surface area contributed by atoms with Crippen molar-refractivity contribution in [1.29, 1.82) is 0 Å². The smallest absolute Gasteiger partial charge is 0.264 e. The van der Waals surface area contributed by atoms with Gasteiger partial charge in [-0.05, 0) is 23.8 Å². The van der Waals surface area contributed by atoms with Crippen molar-refractivity contribution < 1.29 is 13.2 Å². The molecule has 94 valence electrons. The van der Waals surface area contributed by atoms with E-state index >= 15 is 0 Å². The first-order chi connectivity index (χ1) is 8.65. The van der Waals surface area contributed by atoms with Crippen molar-refractivity contribution in [3.05, 3.63) is 30.1 Å². The van der Waals surface area contributed by atoms with Crippen molar-refractivity contribution in [2.75, 3.05) is 11.3 Å². The van der Waals surface area contributed by atoms with Crippen LogP contribution < -0.4 is 9.46 Å². The molecule has 7 nitrogen and oxygen atoms in total. The van der Waals surface area contributed by atoms with Crippen LogP contribution in [0.25, 0.3) is 0 Å². The molecule has 3 rings (SSSR count). The van der Waals surface area contributed by atoms with Crippen molar-refractivity contribution in [3.63, 3.8) is 0 Å². The van der Waals surface area contributed by atoms with Gasteiger partial charge in [-0.3, -0.25) is 0 Å². The zero-order valence-electron chi connectivity index (χ0n) is 9.25. The van der Waals surface area contributed by atoms with Gasteiger partial charge in [0.1, 0.15) is 12.1 Å². The molecule has 2 N–H and O–H groups in total. The molecule has 0 saturated heterocycles. The summed E-state index contributed by atoms with van der Waals surface area (Å²) >= 11 is 0. The van der Waals surface area contributed by atoms with Gasteiger partial charge < -0.3 is 4.74 Å². The third kappa shape index (κ3) is 1.90. The van der Waals surface area contributed by atoms with Crippen molar-refractivity contribution in [3.8, 4) is 5.75 Å². The average Bonchev–Trinajstić information content (AvgIpc) is 2.97. The minimum Gasteiger partial charge on any atom is -0.493 e. The summed E-state index contributed by atoms with van der Waals surface area (Å²) in [6, 6.07) is 4.78. The molecule has 0 atom stereocenters. The largest absolute Gasteiger partial charge is 0.493 e. The lowest BCUT2D eigenvalue weighted by Crippen LogP contribution is -2.14. The van der Waals surface area contributed by atoms with E-state index in [4.69, 9.17) is 4.74 Å². The summed E-state index contributed by atoms with van der Waals surface area (Å²) in [5, 5.41) is 6.01. The molecule has 0 amide bonds. The Morgan fingerprint density at radius 1 is 1.39 bits per heavy atom. The fraction of sp³-hybridized carbons (Fsp3) is 0.200. The number of aromatic amines is 1. The number of sulfonamides is 1. The van der Waals surface area contributed by atoms with Crippen LogP contribution in [0.3, 0.4) is 0 Å². The highest BCUT2D eigenvalue weighted by Crippen LogP contribution is 2.27. The van der Waals surface area contributed by atoms with E-state index in [2.05, 4.69) is 19.9 Å². The van der Waals surface area contributed by atoms with Gasteiger partial charge in [-0.25, -0.2) is 18.2 Å². The van der Waals surface area contributed by atoms with Crippen LogP contribution in [0.1, 0.15) is 5.56 Å². The van der Waals surface area contributed by atoms with Gasteiger partial charge in [0.05, 0.1) is 11.5 Å². The molecule has 18 heavy (non-hydrogen) atoms. The second-order valence-electron chi connectivity index (χ2n) is 3.81. The standard InChI is InChI=1S/C10H10N4O3S/c15-18(16,14-10-11-6-12-13-10)8-1-2-9-7(5-8)3-4-17-9/h1-2,5-6H,3-4H2,(H2,11,12,13,14). The van der Waals surface area contributed by atoms with Gasteiger partial charge in [0.15, 0.2) is 0 Å². The Labute approximate surface area is 103 Å². The normalized spacial score (nSPS) is 14.0. The predicted molar refractivity (Wildman–Crippen MR) is 62.8 cm³/mol. The molecule has 2 aromatic rings. The molecule has 1 aromatic heterocycles. The fourth-order valence-corrected chi connectivity index (χ4v) is 2.79. The van der Waals surface area contributed by atoms with Gasteiger partial charge in [0, 0.05) is 6.42 Å². The Morgan fingerprint density at radius 2 is 2.28 bits per heavy atom. The number of hydrogen-bond acceptors (Lipinski definition) is 5. The summed E-state index contributed by atoms with van der Waals surface area (Å²) in [6.45, 7) is 0.592. The van der Waals surface area contributed by atoms with Crippen molar-refractivity contribution in [2.24, 2.45) is 0 Å². The summed E-state index contributed by atoms with van der Waals surface area (Å²) < 4.78 is 31.8. The quantitative estimate of drug-likeness (QED) is 0.845. The van der Waals surface area contributed by atoms with Gasteiger partial charge in [-0.1, -0.05) is 0 Å². The van der Waals surface area contributed by atoms with Gasteiger partial charge in [0.25, 0.3) is 10.0 Å². The molecule has 0 radical (unpaired) electrons. The van der Waals surface area contributed by atoms with Crippen LogP contribution >= 0.6 is 0 Å². The first kappa shape index (κ1) is 11.0. The monoisotopic (exact) mass is 266 g/mol. The molecule has 0 unspecified atom stereocenters. The van der Waals surface area contributed by atoms with E-state index in [9.17, 15) is 8.42 Å². The first-order valence-electron chi connectivity index (χ1n) is 5.29. The number of aromatic nitrogens is 3. The van der Waals surface area contributed by atoms with Crippen LogP contribution in [-0.2, 0) is 16.4 Å². The molecule has 0 aliphatic carbocycles. The highest BCUT2D eigenvalue weighted by Gasteiger charge is 2.19. The topological polar surface area (TPSA) is 97.0 Å². The van der Waals surface area contributed by atoms with Crippen LogP contribution in [0, 0.1) is 0 Å². The molecule has 2 heterocycles. The first-order valence-corrected chi connectivity index (χ1v) is 6.77. The molecular formula is C10H10N4O3S. The summed E-state index contributed by atoms with van der Waals surface area (Å²) in [5.74, 6) is 0.834. The summed E-state index contributed by atoms with van der Waals surface area (Å²) in [4.78, 5) is 3.90. The lowest BCUT2D eigenvalue weighted by Gasteiger charge is -2.06. The van der Waals surface area contributed by atoms with Crippen LogP contribution in [0.2, 0.25) is 0 Å². The molecule has 1 aromatic carbocycles. The lowest BCUT2D eigenvalue weighted by atomic mass is 10.2. The summed E-state index contributed by atoms with van der Waals surface area (Å²) in [6.07, 6.45) is 1.95. The fourth-order valence-electron chi connectivity index (χ4n) is 1.77. The van der Waals surface area contributed by atoms with Gasteiger partial charge in [-0.2, -0.15) is 10.1 Å². The Balaban J connectivity index is 1.94. The molecule has 1 aliphatic rings. The summed E-state index contributed by atoms with van der Waals surface area (Å²) in [7, 11) is -3.64. The van der Waals surface area contributed by atoms with Crippen LogP contribution in [-0.4, -0.2) is 30.2 Å². The van der Waals surface area contributed by atoms with Crippen LogP contribution in [0.5, 0.6) is 5.75 Å². The Bertz CT molecular complexity index is 666. The second-order valence-corrected chi connectivity index (χ2v) is 5.49. The molecule has 0 spiro atoms. The van der Waals surface area contributed by atoms with E-state index < -0.39 is 10.0 Å². The van der Waals surface area contributed by atoms with E-state index in [-0.39, 0.29) is 10.8 Å². The number of anilines is 1. The Hall–Kier alpha value is -2.09. The molecule has 1 aliphatic heterocycles. The van der Waals surface area contributed by atoms with Crippen LogP contribution in [0.15, 0.2) is 29.4 Å². The number of rotatable bonds is 3. The molecule has 8 heteroatoms. The maximum absolute atomic E-state index is 12.1. The number of benzene rings is 1. The Kier molecular flexibility index (Phi) is 2.44. The van der Waals surface area contributed by atoms with Crippen molar-refractivity contribution in [1.82, 2.24) is 15.2 Å². The van der Waals surface area contributed by atoms with Gasteiger partial charge >= 0.3 is 0 Å². The van der Waals surface area contributed by atoms with Gasteiger partial charge in [-0.15, -0.1) is 0 Å². The van der Waals surface area contributed by atoms with Gasteiger partial charge in [0.2, 0.25) is 5.95 Å². The number of hydrogen-bond donors (Lipinski definition) is 2. The van der Waals surface area contributed by atoms with E-state index in [0.29, 0.717) is 6.61 Å². The molecule has 0 saturated carbocycles.